The van der Waals surface area contributed by atoms with Crippen LogP contribution >= 0.6 is 0 Å². The minimum absolute atomic E-state index is 0.686. The van der Waals surface area contributed by atoms with E-state index in [4.69, 9.17) is 10.5 Å². The summed E-state index contributed by atoms with van der Waals surface area (Å²) in [5.41, 5.74) is 8.02. The van der Waals surface area contributed by atoms with Crippen LogP contribution in [0.25, 0.3) is 0 Å². The van der Waals surface area contributed by atoms with E-state index in [1.54, 1.807) is 0 Å². The number of morpholine rings is 1. The summed E-state index contributed by atoms with van der Waals surface area (Å²) in [6.45, 7) is 6.09. The molecule has 1 aliphatic rings. The van der Waals surface area contributed by atoms with Crippen LogP contribution in [0.4, 0.5) is 5.69 Å². The molecule has 0 bridgehead atoms. The minimum atomic E-state index is 0.686. The van der Waals surface area contributed by atoms with Gasteiger partial charge in [-0.1, -0.05) is 12.1 Å². The largest absolute Gasteiger partial charge is 0.378 e. The predicted molar refractivity (Wildman–Crippen MR) is 70.2 cm³/mol. The lowest BCUT2D eigenvalue weighted by Crippen LogP contribution is -2.36. The quantitative estimate of drug-likeness (QED) is 0.733. The van der Waals surface area contributed by atoms with Crippen LogP contribution in [0.1, 0.15) is 5.56 Å². The van der Waals surface area contributed by atoms with E-state index >= 15 is 0 Å². The highest BCUT2D eigenvalue weighted by atomic mass is 16.5. The maximum absolute atomic E-state index is 5.43. The predicted octanol–water partition coefficient (Wildman–Crippen LogP) is 0.571. The number of nitrogens with two attached hydrogens (primary N) is 1. The van der Waals surface area contributed by atoms with E-state index < -0.39 is 0 Å². The monoisotopic (exact) mass is 235 g/mol. The van der Waals surface area contributed by atoms with Gasteiger partial charge in [0.15, 0.2) is 0 Å². The molecule has 1 aromatic carbocycles. The third-order valence-corrected chi connectivity index (χ3v) is 2.96. The molecule has 2 rings (SSSR count). The molecule has 1 aliphatic heterocycles. The number of nitrogens with zero attached hydrogens (tertiary/aromatic N) is 1. The van der Waals surface area contributed by atoms with Crippen LogP contribution in [0.3, 0.4) is 0 Å². The van der Waals surface area contributed by atoms with Crippen LogP contribution in [0.15, 0.2) is 24.3 Å². The van der Waals surface area contributed by atoms with Gasteiger partial charge in [0, 0.05) is 38.4 Å². The molecule has 0 aromatic heterocycles. The SMILES string of the molecule is NCCNCc1ccc(N2CCOCC2)cc1. The Morgan fingerprint density at radius 3 is 2.53 bits per heavy atom. The molecule has 94 valence electrons. The first-order valence-corrected chi connectivity index (χ1v) is 6.22. The average Bonchev–Trinajstić information content (AvgIpc) is 2.41. The number of hydrogen-bond donors (Lipinski definition) is 2. The van der Waals surface area contributed by atoms with Gasteiger partial charge in [-0.05, 0) is 17.7 Å². The van der Waals surface area contributed by atoms with Crippen molar-refractivity contribution in [2.45, 2.75) is 6.54 Å². The van der Waals surface area contributed by atoms with Crippen molar-refractivity contribution in [3.8, 4) is 0 Å². The van der Waals surface area contributed by atoms with E-state index in [0.29, 0.717) is 6.54 Å². The van der Waals surface area contributed by atoms with Crippen molar-refractivity contribution >= 4 is 5.69 Å². The van der Waals surface area contributed by atoms with Crippen molar-refractivity contribution in [1.29, 1.82) is 0 Å². The second kappa shape index (κ2) is 6.59. The van der Waals surface area contributed by atoms with Gasteiger partial charge in [-0.25, -0.2) is 0 Å². The molecule has 0 saturated carbocycles. The molecule has 0 radical (unpaired) electrons. The van der Waals surface area contributed by atoms with Gasteiger partial charge in [-0.15, -0.1) is 0 Å². The summed E-state index contributed by atoms with van der Waals surface area (Å²) in [4.78, 5) is 2.36. The molecule has 4 nitrogen and oxygen atoms in total. The molecule has 0 unspecified atom stereocenters. The van der Waals surface area contributed by atoms with Gasteiger partial charge in [-0.3, -0.25) is 0 Å². The number of anilines is 1. The first-order valence-electron chi connectivity index (χ1n) is 6.22. The van der Waals surface area contributed by atoms with E-state index in [1.165, 1.54) is 11.3 Å². The van der Waals surface area contributed by atoms with Crippen LogP contribution in [0, 0.1) is 0 Å². The maximum atomic E-state index is 5.43. The summed E-state index contributed by atoms with van der Waals surface area (Å²) >= 11 is 0. The van der Waals surface area contributed by atoms with Gasteiger partial charge < -0.3 is 20.7 Å². The Labute approximate surface area is 103 Å². The van der Waals surface area contributed by atoms with Crippen molar-refractivity contribution < 1.29 is 4.74 Å². The lowest BCUT2D eigenvalue weighted by atomic mass is 10.2. The molecule has 17 heavy (non-hydrogen) atoms. The second-order valence-corrected chi connectivity index (χ2v) is 4.23. The van der Waals surface area contributed by atoms with Crippen LogP contribution in [-0.4, -0.2) is 39.4 Å². The highest BCUT2D eigenvalue weighted by Gasteiger charge is 2.10. The number of benzene rings is 1. The van der Waals surface area contributed by atoms with E-state index in [1.807, 2.05) is 0 Å². The topological polar surface area (TPSA) is 50.5 Å². The Balaban J connectivity index is 1.88. The molecule has 1 aromatic rings. The maximum Gasteiger partial charge on any atom is 0.0642 e. The van der Waals surface area contributed by atoms with E-state index in [2.05, 4.69) is 34.5 Å². The van der Waals surface area contributed by atoms with Crippen LogP contribution in [0.2, 0.25) is 0 Å². The summed E-state index contributed by atoms with van der Waals surface area (Å²) in [7, 11) is 0. The van der Waals surface area contributed by atoms with Gasteiger partial charge in [0.2, 0.25) is 0 Å². The van der Waals surface area contributed by atoms with Crippen LogP contribution in [-0.2, 0) is 11.3 Å². The molecule has 1 heterocycles. The van der Waals surface area contributed by atoms with Crippen LogP contribution < -0.4 is 16.0 Å². The molecule has 0 atom stereocenters. The Hall–Kier alpha value is -1.10. The molecule has 3 N–H and O–H groups in total. The number of ether oxygens (including phenoxy) is 1. The Bertz CT molecular complexity index is 320. The van der Waals surface area contributed by atoms with E-state index in [0.717, 1.165) is 39.4 Å². The summed E-state index contributed by atoms with van der Waals surface area (Å²) in [5, 5.41) is 3.29. The molecule has 1 saturated heterocycles. The normalized spacial score (nSPS) is 16.2. The molecule has 4 heteroatoms. The zero-order valence-electron chi connectivity index (χ0n) is 10.2. The molecule has 0 amide bonds. The zero-order chi connectivity index (χ0) is 11.9. The highest BCUT2D eigenvalue weighted by Crippen LogP contribution is 2.16. The fourth-order valence-corrected chi connectivity index (χ4v) is 1.98. The van der Waals surface area contributed by atoms with Crippen molar-refractivity contribution in [2.24, 2.45) is 5.73 Å². The Morgan fingerprint density at radius 2 is 1.88 bits per heavy atom. The van der Waals surface area contributed by atoms with Crippen molar-refractivity contribution in [1.82, 2.24) is 5.32 Å². The highest BCUT2D eigenvalue weighted by molar-refractivity contribution is 5.47. The van der Waals surface area contributed by atoms with Gasteiger partial charge in [0.05, 0.1) is 13.2 Å². The van der Waals surface area contributed by atoms with Gasteiger partial charge in [-0.2, -0.15) is 0 Å². The molecule has 0 spiro atoms. The third kappa shape index (κ3) is 3.70. The third-order valence-electron chi connectivity index (χ3n) is 2.96. The van der Waals surface area contributed by atoms with Crippen molar-refractivity contribution in [3.63, 3.8) is 0 Å². The van der Waals surface area contributed by atoms with E-state index in [9.17, 15) is 0 Å². The summed E-state index contributed by atoms with van der Waals surface area (Å²) in [6, 6.07) is 8.72. The molecule has 1 fully saturated rings. The lowest BCUT2D eigenvalue weighted by molar-refractivity contribution is 0.122. The lowest BCUT2D eigenvalue weighted by Gasteiger charge is -2.28. The van der Waals surface area contributed by atoms with Crippen LogP contribution in [0.5, 0.6) is 0 Å². The van der Waals surface area contributed by atoms with E-state index in [-0.39, 0.29) is 0 Å². The Kier molecular flexibility index (Phi) is 4.79. The smallest absolute Gasteiger partial charge is 0.0642 e. The molecular formula is C13H21N3O. The van der Waals surface area contributed by atoms with Gasteiger partial charge >= 0.3 is 0 Å². The zero-order valence-corrected chi connectivity index (χ0v) is 10.2. The summed E-state index contributed by atoms with van der Waals surface area (Å²) in [6.07, 6.45) is 0. The number of hydrogen-bond acceptors (Lipinski definition) is 4. The first-order chi connectivity index (χ1) is 8.40. The second-order valence-electron chi connectivity index (χ2n) is 4.23. The van der Waals surface area contributed by atoms with Crippen molar-refractivity contribution in [2.75, 3.05) is 44.3 Å². The summed E-state index contributed by atoms with van der Waals surface area (Å²) < 4.78 is 5.35. The summed E-state index contributed by atoms with van der Waals surface area (Å²) in [5.74, 6) is 0. The van der Waals surface area contributed by atoms with Gasteiger partial charge in [0.1, 0.15) is 0 Å². The minimum Gasteiger partial charge on any atom is -0.378 e. The van der Waals surface area contributed by atoms with Gasteiger partial charge in [0.25, 0.3) is 0 Å². The Morgan fingerprint density at radius 1 is 1.18 bits per heavy atom. The average molecular weight is 235 g/mol. The molecule has 0 aliphatic carbocycles. The number of nitrogens with one attached hydrogen (secondary N) is 1. The molecular weight excluding hydrogens is 214 g/mol. The fourth-order valence-electron chi connectivity index (χ4n) is 1.98. The number of rotatable bonds is 5. The standard InChI is InChI=1S/C13H21N3O/c14-5-6-15-11-12-1-3-13(4-2-12)16-7-9-17-10-8-16/h1-4,15H,5-11,14H2. The fraction of sp³-hybridized carbons (Fsp3) is 0.538. The first kappa shape index (κ1) is 12.4. The van der Waals surface area contributed by atoms with Crippen molar-refractivity contribution in [3.05, 3.63) is 29.8 Å².